The summed E-state index contributed by atoms with van der Waals surface area (Å²) in [5.74, 6) is -0.130. The van der Waals surface area contributed by atoms with E-state index in [9.17, 15) is 13.6 Å². The zero-order chi connectivity index (χ0) is 16.5. The van der Waals surface area contributed by atoms with Crippen LogP contribution in [0.15, 0.2) is 24.3 Å². The van der Waals surface area contributed by atoms with Crippen LogP contribution in [0.2, 0.25) is 0 Å². The second kappa shape index (κ2) is 11.2. The summed E-state index contributed by atoms with van der Waals surface area (Å²) >= 11 is 0. The molecule has 0 spiro atoms. The molecular formula is C16H24ClF2N3O2. The minimum Gasteiger partial charge on any atom is -0.435 e. The lowest BCUT2D eigenvalue weighted by atomic mass is 10.1. The Hall–Kier alpha value is -1.44. The number of hydrogen-bond acceptors (Lipinski definition) is 4. The standard InChI is InChI=1S/C16H23F2N3O2.ClH/c17-16(18)23-14-5-2-1-4-13(14)12-15(22)20-6-3-9-21-10-7-19-8-11-21;/h1-2,4-5,16,19H,3,6-12H2,(H,20,22);1H. The second-order valence-electron chi connectivity index (χ2n) is 5.46. The minimum absolute atomic E-state index is 0. The highest BCUT2D eigenvalue weighted by molar-refractivity contribution is 5.85. The van der Waals surface area contributed by atoms with Crippen LogP contribution in [-0.4, -0.2) is 56.7 Å². The lowest BCUT2D eigenvalue weighted by Crippen LogP contribution is -2.44. The number of hydrogen-bond donors (Lipinski definition) is 2. The maximum absolute atomic E-state index is 12.3. The van der Waals surface area contributed by atoms with Gasteiger partial charge in [-0.15, -0.1) is 12.4 Å². The fourth-order valence-corrected chi connectivity index (χ4v) is 2.56. The first-order chi connectivity index (χ1) is 11.1. The van der Waals surface area contributed by atoms with Crippen molar-refractivity contribution in [3.8, 4) is 5.75 Å². The number of para-hydroxylation sites is 1. The quantitative estimate of drug-likeness (QED) is 0.690. The number of halogens is 3. The summed E-state index contributed by atoms with van der Waals surface area (Å²) < 4.78 is 29.1. The van der Waals surface area contributed by atoms with Crippen molar-refractivity contribution in [1.82, 2.24) is 15.5 Å². The minimum atomic E-state index is -2.89. The van der Waals surface area contributed by atoms with Gasteiger partial charge in [0.25, 0.3) is 0 Å². The number of carbonyl (C=O) groups is 1. The molecule has 0 aliphatic carbocycles. The zero-order valence-corrected chi connectivity index (χ0v) is 14.3. The van der Waals surface area contributed by atoms with Crippen molar-refractivity contribution in [2.24, 2.45) is 0 Å². The molecule has 1 amide bonds. The van der Waals surface area contributed by atoms with Gasteiger partial charge in [0.2, 0.25) is 5.91 Å². The van der Waals surface area contributed by atoms with E-state index in [1.54, 1.807) is 18.2 Å². The maximum atomic E-state index is 12.3. The predicted molar refractivity (Wildman–Crippen MR) is 91.0 cm³/mol. The molecule has 1 aliphatic heterocycles. The van der Waals surface area contributed by atoms with Gasteiger partial charge in [0.05, 0.1) is 6.42 Å². The number of nitrogens with one attached hydrogen (secondary N) is 2. The molecule has 0 bridgehead atoms. The van der Waals surface area contributed by atoms with Crippen LogP contribution in [0.3, 0.4) is 0 Å². The zero-order valence-electron chi connectivity index (χ0n) is 13.5. The summed E-state index contributed by atoms with van der Waals surface area (Å²) in [6, 6.07) is 6.37. The number of alkyl halides is 2. The molecule has 0 radical (unpaired) electrons. The largest absolute Gasteiger partial charge is 0.435 e. The Balaban J connectivity index is 0.00000288. The van der Waals surface area contributed by atoms with Gasteiger partial charge in [0, 0.05) is 38.3 Å². The molecule has 1 aliphatic rings. The van der Waals surface area contributed by atoms with Crippen LogP contribution in [0, 0.1) is 0 Å². The third-order valence-electron chi connectivity index (χ3n) is 3.72. The number of carbonyl (C=O) groups excluding carboxylic acids is 1. The number of benzene rings is 1. The number of amides is 1. The maximum Gasteiger partial charge on any atom is 0.387 e. The van der Waals surface area contributed by atoms with Crippen LogP contribution < -0.4 is 15.4 Å². The van der Waals surface area contributed by atoms with Gasteiger partial charge in [0.15, 0.2) is 0 Å². The SMILES string of the molecule is Cl.O=C(Cc1ccccc1OC(F)F)NCCCN1CCNCC1. The van der Waals surface area contributed by atoms with Gasteiger partial charge >= 0.3 is 6.61 Å². The lowest BCUT2D eigenvalue weighted by molar-refractivity contribution is -0.120. The summed E-state index contributed by atoms with van der Waals surface area (Å²) in [5, 5.41) is 6.12. The number of nitrogens with zero attached hydrogens (tertiary/aromatic N) is 1. The third kappa shape index (κ3) is 7.42. The van der Waals surface area contributed by atoms with Crippen molar-refractivity contribution >= 4 is 18.3 Å². The molecule has 136 valence electrons. The van der Waals surface area contributed by atoms with Crippen molar-refractivity contribution in [2.45, 2.75) is 19.5 Å². The predicted octanol–water partition coefficient (Wildman–Crippen LogP) is 1.66. The Labute approximate surface area is 147 Å². The van der Waals surface area contributed by atoms with E-state index in [2.05, 4.69) is 20.3 Å². The molecule has 8 heteroatoms. The van der Waals surface area contributed by atoms with Gasteiger partial charge in [-0.1, -0.05) is 18.2 Å². The first-order valence-corrected chi connectivity index (χ1v) is 7.87. The van der Waals surface area contributed by atoms with Crippen molar-refractivity contribution in [1.29, 1.82) is 0 Å². The number of piperazine rings is 1. The third-order valence-corrected chi connectivity index (χ3v) is 3.72. The molecule has 1 fully saturated rings. The average Bonchev–Trinajstić information content (AvgIpc) is 2.54. The van der Waals surface area contributed by atoms with E-state index in [-0.39, 0.29) is 30.5 Å². The van der Waals surface area contributed by atoms with E-state index in [0.717, 1.165) is 39.1 Å². The Morgan fingerprint density at radius 1 is 1.29 bits per heavy atom. The molecule has 1 heterocycles. The molecule has 0 unspecified atom stereocenters. The topological polar surface area (TPSA) is 53.6 Å². The Morgan fingerprint density at radius 3 is 2.71 bits per heavy atom. The van der Waals surface area contributed by atoms with E-state index in [4.69, 9.17) is 0 Å². The van der Waals surface area contributed by atoms with Crippen LogP contribution >= 0.6 is 12.4 Å². The van der Waals surface area contributed by atoms with Gasteiger partial charge in [-0.05, 0) is 19.0 Å². The van der Waals surface area contributed by atoms with Crippen LogP contribution in [0.1, 0.15) is 12.0 Å². The van der Waals surface area contributed by atoms with Gasteiger partial charge in [-0.3, -0.25) is 4.79 Å². The fraction of sp³-hybridized carbons (Fsp3) is 0.562. The second-order valence-corrected chi connectivity index (χ2v) is 5.46. The molecule has 5 nitrogen and oxygen atoms in total. The van der Waals surface area contributed by atoms with Crippen molar-refractivity contribution in [3.05, 3.63) is 29.8 Å². The Kier molecular flexibility index (Phi) is 9.59. The lowest BCUT2D eigenvalue weighted by Gasteiger charge is -2.27. The smallest absolute Gasteiger partial charge is 0.387 e. The molecule has 2 rings (SSSR count). The van der Waals surface area contributed by atoms with E-state index < -0.39 is 6.61 Å². The number of ether oxygens (including phenoxy) is 1. The first-order valence-electron chi connectivity index (χ1n) is 7.87. The summed E-state index contributed by atoms with van der Waals surface area (Å²) in [7, 11) is 0. The van der Waals surface area contributed by atoms with Crippen molar-refractivity contribution in [3.63, 3.8) is 0 Å². The summed E-state index contributed by atoms with van der Waals surface area (Å²) in [4.78, 5) is 14.3. The summed E-state index contributed by atoms with van der Waals surface area (Å²) in [6.07, 6.45) is 0.914. The molecule has 1 aromatic carbocycles. The van der Waals surface area contributed by atoms with Crippen LogP contribution in [0.4, 0.5) is 8.78 Å². The molecule has 2 N–H and O–H groups in total. The van der Waals surface area contributed by atoms with Crippen molar-refractivity contribution < 1.29 is 18.3 Å². The first kappa shape index (κ1) is 20.6. The van der Waals surface area contributed by atoms with Gasteiger partial charge < -0.3 is 20.3 Å². The molecule has 1 saturated heterocycles. The molecule has 1 aromatic rings. The number of rotatable bonds is 8. The highest BCUT2D eigenvalue weighted by Crippen LogP contribution is 2.20. The van der Waals surface area contributed by atoms with Crippen LogP contribution in [-0.2, 0) is 11.2 Å². The fourth-order valence-electron chi connectivity index (χ4n) is 2.56. The Morgan fingerprint density at radius 2 is 2.00 bits per heavy atom. The van der Waals surface area contributed by atoms with E-state index in [1.165, 1.54) is 6.07 Å². The van der Waals surface area contributed by atoms with E-state index in [0.29, 0.717) is 12.1 Å². The van der Waals surface area contributed by atoms with E-state index in [1.807, 2.05) is 0 Å². The molecular weight excluding hydrogens is 340 g/mol. The monoisotopic (exact) mass is 363 g/mol. The van der Waals surface area contributed by atoms with Gasteiger partial charge in [-0.2, -0.15) is 8.78 Å². The van der Waals surface area contributed by atoms with Crippen LogP contribution in [0.5, 0.6) is 5.75 Å². The normalized spacial score (nSPS) is 15.0. The van der Waals surface area contributed by atoms with Gasteiger partial charge in [-0.25, -0.2) is 0 Å². The molecule has 0 saturated carbocycles. The molecule has 0 aromatic heterocycles. The molecule has 24 heavy (non-hydrogen) atoms. The average molecular weight is 364 g/mol. The molecule has 0 atom stereocenters. The summed E-state index contributed by atoms with van der Waals surface area (Å²) in [5.41, 5.74) is 0.465. The summed E-state index contributed by atoms with van der Waals surface area (Å²) in [6.45, 7) is 2.73. The van der Waals surface area contributed by atoms with Gasteiger partial charge in [0.1, 0.15) is 5.75 Å². The highest BCUT2D eigenvalue weighted by atomic mass is 35.5. The van der Waals surface area contributed by atoms with Crippen LogP contribution in [0.25, 0.3) is 0 Å². The highest BCUT2D eigenvalue weighted by Gasteiger charge is 2.12. The van der Waals surface area contributed by atoms with Crippen molar-refractivity contribution in [2.75, 3.05) is 39.3 Å². The Bertz CT molecular complexity index is 500. The van der Waals surface area contributed by atoms with E-state index >= 15 is 0 Å².